The molecule has 0 bridgehead atoms. The zero-order chi connectivity index (χ0) is 13.3. The van der Waals surface area contributed by atoms with Gasteiger partial charge in [0.1, 0.15) is 5.82 Å². The Morgan fingerprint density at radius 3 is 2.50 bits per heavy atom. The molecule has 1 aromatic carbocycles. The third-order valence-corrected chi connectivity index (χ3v) is 3.24. The molecular weight excluding hydrogens is 231 g/mol. The molecule has 3 atom stereocenters. The monoisotopic (exact) mass is 252 g/mol. The van der Waals surface area contributed by atoms with E-state index in [1.54, 1.807) is 0 Å². The highest BCUT2D eigenvalue weighted by molar-refractivity contribution is 5.55. The van der Waals surface area contributed by atoms with Crippen LogP contribution in [0.2, 0.25) is 0 Å². The molecule has 1 fully saturated rings. The Bertz CT molecular complexity index is 412. The van der Waals surface area contributed by atoms with Crippen molar-refractivity contribution in [1.29, 1.82) is 0 Å². The summed E-state index contributed by atoms with van der Waals surface area (Å²) in [7, 11) is 0. The van der Waals surface area contributed by atoms with Crippen LogP contribution in [0.15, 0.2) is 18.2 Å². The van der Waals surface area contributed by atoms with Gasteiger partial charge < -0.3 is 15.4 Å². The molecule has 4 heteroatoms. The van der Waals surface area contributed by atoms with Gasteiger partial charge in [0, 0.05) is 24.8 Å². The number of hydrogen-bond donors (Lipinski definition) is 1. The van der Waals surface area contributed by atoms with E-state index < -0.39 is 0 Å². The van der Waals surface area contributed by atoms with Gasteiger partial charge in [-0.25, -0.2) is 4.39 Å². The highest BCUT2D eigenvalue weighted by Crippen LogP contribution is 2.28. The van der Waals surface area contributed by atoms with E-state index in [9.17, 15) is 4.39 Å². The number of hydrogen-bond acceptors (Lipinski definition) is 3. The van der Waals surface area contributed by atoms with Gasteiger partial charge in [0.25, 0.3) is 0 Å². The van der Waals surface area contributed by atoms with Gasteiger partial charge in [0.15, 0.2) is 0 Å². The minimum absolute atomic E-state index is 0.177. The van der Waals surface area contributed by atoms with Gasteiger partial charge in [-0.15, -0.1) is 0 Å². The quantitative estimate of drug-likeness (QED) is 0.878. The van der Waals surface area contributed by atoms with Crippen LogP contribution in [0.4, 0.5) is 10.1 Å². The van der Waals surface area contributed by atoms with Crippen LogP contribution in [0.5, 0.6) is 0 Å². The van der Waals surface area contributed by atoms with Crippen LogP contribution in [-0.4, -0.2) is 25.3 Å². The fraction of sp³-hybridized carbons (Fsp3) is 0.571. The molecule has 100 valence electrons. The Balaban J connectivity index is 2.32. The first-order chi connectivity index (χ1) is 8.47. The van der Waals surface area contributed by atoms with Crippen LogP contribution < -0.4 is 10.6 Å². The Hall–Kier alpha value is -1.13. The van der Waals surface area contributed by atoms with Gasteiger partial charge in [-0.2, -0.15) is 0 Å². The second-order valence-electron chi connectivity index (χ2n) is 5.15. The number of nitrogens with two attached hydrogens (primary N) is 1. The zero-order valence-electron chi connectivity index (χ0n) is 11.2. The van der Waals surface area contributed by atoms with E-state index in [0.717, 1.165) is 24.3 Å². The van der Waals surface area contributed by atoms with E-state index >= 15 is 0 Å². The lowest BCUT2D eigenvalue weighted by Crippen LogP contribution is -2.46. The van der Waals surface area contributed by atoms with E-state index in [1.165, 1.54) is 12.1 Å². The first-order valence-electron chi connectivity index (χ1n) is 6.43. The summed E-state index contributed by atoms with van der Waals surface area (Å²) in [6.07, 6.45) is 0.361. The smallest absolute Gasteiger partial charge is 0.123 e. The minimum Gasteiger partial charge on any atom is -0.372 e. The third kappa shape index (κ3) is 2.82. The number of ether oxygens (including phenoxy) is 1. The van der Waals surface area contributed by atoms with Crippen LogP contribution >= 0.6 is 0 Å². The SMILES string of the molecule is CC1CN(c2ccc(F)cc2[C@@H](C)N)CC(C)O1. The highest BCUT2D eigenvalue weighted by atomic mass is 19.1. The summed E-state index contributed by atoms with van der Waals surface area (Å²) < 4.78 is 19.0. The van der Waals surface area contributed by atoms with Crippen molar-refractivity contribution in [2.24, 2.45) is 5.73 Å². The topological polar surface area (TPSA) is 38.5 Å². The number of benzene rings is 1. The molecule has 2 unspecified atom stereocenters. The van der Waals surface area contributed by atoms with E-state index in [2.05, 4.69) is 18.7 Å². The number of halogens is 1. The summed E-state index contributed by atoms with van der Waals surface area (Å²) >= 11 is 0. The Kier molecular flexibility index (Phi) is 3.88. The lowest BCUT2D eigenvalue weighted by Gasteiger charge is -2.38. The van der Waals surface area contributed by atoms with Gasteiger partial charge >= 0.3 is 0 Å². The van der Waals surface area contributed by atoms with Crippen molar-refractivity contribution in [3.63, 3.8) is 0 Å². The molecule has 0 amide bonds. The summed E-state index contributed by atoms with van der Waals surface area (Å²) in [6.45, 7) is 7.62. The number of nitrogens with zero attached hydrogens (tertiary/aromatic N) is 1. The molecule has 0 spiro atoms. The molecule has 1 aliphatic heterocycles. The van der Waals surface area contributed by atoms with Crippen molar-refractivity contribution in [1.82, 2.24) is 0 Å². The van der Waals surface area contributed by atoms with Gasteiger partial charge in [-0.05, 0) is 44.5 Å². The van der Waals surface area contributed by atoms with Gasteiger partial charge in [-0.1, -0.05) is 0 Å². The van der Waals surface area contributed by atoms with Gasteiger partial charge in [-0.3, -0.25) is 0 Å². The maximum Gasteiger partial charge on any atom is 0.123 e. The second-order valence-corrected chi connectivity index (χ2v) is 5.15. The van der Waals surface area contributed by atoms with E-state index in [4.69, 9.17) is 10.5 Å². The van der Waals surface area contributed by atoms with Crippen LogP contribution in [0.3, 0.4) is 0 Å². The fourth-order valence-electron chi connectivity index (χ4n) is 2.55. The Morgan fingerprint density at radius 1 is 1.33 bits per heavy atom. The summed E-state index contributed by atoms with van der Waals surface area (Å²) in [5.74, 6) is -0.236. The minimum atomic E-state index is -0.236. The van der Waals surface area contributed by atoms with Crippen molar-refractivity contribution in [2.45, 2.75) is 39.0 Å². The molecule has 3 nitrogen and oxygen atoms in total. The van der Waals surface area contributed by atoms with Crippen LogP contribution in [0.25, 0.3) is 0 Å². The van der Waals surface area contributed by atoms with Gasteiger partial charge in [0.2, 0.25) is 0 Å². The molecule has 0 aromatic heterocycles. The second kappa shape index (κ2) is 5.24. The summed E-state index contributed by atoms with van der Waals surface area (Å²) in [5, 5.41) is 0. The predicted molar refractivity (Wildman–Crippen MR) is 71.2 cm³/mol. The molecule has 2 rings (SSSR count). The normalized spacial score (nSPS) is 26.2. The summed E-state index contributed by atoms with van der Waals surface area (Å²) in [4.78, 5) is 2.23. The predicted octanol–water partition coefficient (Wildman–Crippen LogP) is 2.46. The zero-order valence-corrected chi connectivity index (χ0v) is 11.2. The van der Waals surface area contributed by atoms with Crippen molar-refractivity contribution in [3.8, 4) is 0 Å². The molecule has 1 aliphatic rings. The molecular formula is C14H21FN2O. The number of anilines is 1. The highest BCUT2D eigenvalue weighted by Gasteiger charge is 2.24. The Labute approximate surface area is 108 Å². The molecule has 1 heterocycles. The van der Waals surface area contributed by atoms with Gasteiger partial charge in [0.05, 0.1) is 12.2 Å². The van der Waals surface area contributed by atoms with E-state index in [-0.39, 0.29) is 24.1 Å². The number of rotatable bonds is 2. The fourth-order valence-corrected chi connectivity index (χ4v) is 2.55. The van der Waals surface area contributed by atoms with Crippen LogP contribution in [0.1, 0.15) is 32.4 Å². The summed E-state index contributed by atoms with van der Waals surface area (Å²) in [5.41, 5.74) is 7.81. The maximum atomic E-state index is 13.3. The molecule has 0 aliphatic carbocycles. The Morgan fingerprint density at radius 2 is 1.94 bits per heavy atom. The molecule has 1 saturated heterocycles. The first-order valence-corrected chi connectivity index (χ1v) is 6.43. The first kappa shape index (κ1) is 13.3. The molecule has 0 saturated carbocycles. The molecule has 2 N–H and O–H groups in total. The average Bonchev–Trinajstić information content (AvgIpc) is 2.27. The molecule has 18 heavy (non-hydrogen) atoms. The lowest BCUT2D eigenvalue weighted by molar-refractivity contribution is -0.00527. The summed E-state index contributed by atoms with van der Waals surface area (Å²) in [6, 6.07) is 4.67. The van der Waals surface area contributed by atoms with E-state index in [0.29, 0.717) is 0 Å². The molecule has 1 aromatic rings. The average molecular weight is 252 g/mol. The van der Waals surface area contributed by atoms with E-state index in [1.807, 2.05) is 13.0 Å². The maximum absolute atomic E-state index is 13.3. The van der Waals surface area contributed by atoms with Crippen molar-refractivity contribution in [3.05, 3.63) is 29.6 Å². The lowest BCUT2D eigenvalue weighted by atomic mass is 10.0. The number of morpholine rings is 1. The van der Waals surface area contributed by atoms with Crippen LogP contribution in [0, 0.1) is 5.82 Å². The standard InChI is InChI=1S/C14H21FN2O/c1-9-7-17(8-10(2)18-9)14-5-4-12(15)6-13(14)11(3)16/h4-6,9-11H,7-8,16H2,1-3H3/t9?,10?,11-/m1/s1. The third-order valence-electron chi connectivity index (χ3n) is 3.24. The van der Waals surface area contributed by atoms with Crippen molar-refractivity contribution < 1.29 is 9.13 Å². The van der Waals surface area contributed by atoms with Crippen molar-refractivity contribution in [2.75, 3.05) is 18.0 Å². The van der Waals surface area contributed by atoms with Crippen LogP contribution in [-0.2, 0) is 4.74 Å². The largest absolute Gasteiger partial charge is 0.372 e. The van der Waals surface area contributed by atoms with Crippen molar-refractivity contribution >= 4 is 5.69 Å². The molecule has 0 radical (unpaired) electrons.